The van der Waals surface area contributed by atoms with E-state index in [1.165, 1.54) is 16.0 Å². The maximum absolute atomic E-state index is 13.5. The molecule has 2 fully saturated rings. The highest BCUT2D eigenvalue weighted by molar-refractivity contribution is 5.93. The van der Waals surface area contributed by atoms with Gasteiger partial charge < -0.3 is 36.0 Å². The minimum Gasteiger partial charge on any atom is -0.387 e. The topological polar surface area (TPSA) is 170 Å². The molecule has 2 aromatic heterocycles. The van der Waals surface area contributed by atoms with Crippen molar-refractivity contribution in [3.05, 3.63) is 78.1 Å². The molecular weight excluding hydrogens is 552 g/mol. The highest BCUT2D eigenvalue weighted by atomic mass is 16.6. The molecule has 0 saturated carbocycles. The van der Waals surface area contributed by atoms with Crippen LogP contribution in [0.1, 0.15) is 30.4 Å². The number of rotatable bonds is 10. The van der Waals surface area contributed by atoms with Gasteiger partial charge in [-0.05, 0) is 31.0 Å². The number of hydrogen-bond acceptors (Lipinski definition) is 11. The van der Waals surface area contributed by atoms with Crippen LogP contribution in [-0.4, -0.2) is 97.7 Å². The van der Waals surface area contributed by atoms with Crippen molar-refractivity contribution in [2.75, 3.05) is 41.8 Å². The van der Waals surface area contributed by atoms with Crippen molar-refractivity contribution in [2.45, 2.75) is 49.9 Å². The number of benzene rings is 2. The maximum Gasteiger partial charge on any atom is 0.273 e. The Labute approximate surface area is 248 Å². The Hall–Kier alpha value is -4.14. The second-order valence-electron chi connectivity index (χ2n) is 10.7. The SMILES string of the molecule is CCN(C(=O)[C@H]1O[C@@H](O)[C@H](O)[C@@H]1O)n1cnc2c(NCC(c3ccccc3)c3ccccc3)nc(NC3CCNC3)nc21. The third-order valence-electron chi connectivity index (χ3n) is 7.95. The zero-order valence-electron chi connectivity index (χ0n) is 23.7. The highest BCUT2D eigenvalue weighted by Gasteiger charge is 2.47. The van der Waals surface area contributed by atoms with Crippen molar-refractivity contribution in [2.24, 2.45) is 0 Å². The molecule has 4 heterocycles. The Morgan fingerprint density at radius 3 is 2.35 bits per heavy atom. The summed E-state index contributed by atoms with van der Waals surface area (Å²) in [5.74, 6) is 0.256. The molecule has 13 nitrogen and oxygen atoms in total. The van der Waals surface area contributed by atoms with Crippen molar-refractivity contribution < 1.29 is 24.9 Å². The van der Waals surface area contributed by atoms with Crippen LogP contribution in [0.2, 0.25) is 0 Å². The summed E-state index contributed by atoms with van der Waals surface area (Å²) in [6.07, 6.45) is -3.93. The summed E-state index contributed by atoms with van der Waals surface area (Å²) in [6, 6.07) is 20.6. The molecule has 43 heavy (non-hydrogen) atoms. The standard InChI is InChI=1S/C30H36N8O5/c1-2-37(28(41)25-23(39)24(40)29(42)43-25)38-17-33-22-26(35-30(36-27(22)38)34-20-13-14-31-15-20)32-16-21(18-9-5-3-6-10-18)19-11-7-4-8-12-19/h3-12,17,20-21,23-25,29,31,39-40,42H,2,13-16H2,1H3,(H2,32,34,35,36)/t20?,23-,24+,25-,29+/m0/s1. The van der Waals surface area contributed by atoms with E-state index in [1.807, 2.05) is 36.4 Å². The number of nitrogens with zero attached hydrogens (tertiary/aromatic N) is 5. The summed E-state index contributed by atoms with van der Waals surface area (Å²) in [6.45, 7) is 4.11. The number of imidazole rings is 1. The molecule has 6 rings (SSSR count). The third kappa shape index (κ3) is 5.90. The summed E-state index contributed by atoms with van der Waals surface area (Å²) < 4.78 is 6.68. The van der Waals surface area contributed by atoms with Crippen LogP contribution in [-0.2, 0) is 9.53 Å². The number of hydrogen-bond donors (Lipinski definition) is 6. The lowest BCUT2D eigenvalue weighted by Crippen LogP contribution is -2.50. The predicted molar refractivity (Wildman–Crippen MR) is 160 cm³/mol. The lowest BCUT2D eigenvalue weighted by Gasteiger charge is -2.26. The van der Waals surface area contributed by atoms with Crippen LogP contribution in [0.15, 0.2) is 67.0 Å². The number of carbonyl (C=O) groups excluding carboxylic acids is 1. The average molecular weight is 589 g/mol. The van der Waals surface area contributed by atoms with Gasteiger partial charge in [0.1, 0.15) is 18.5 Å². The van der Waals surface area contributed by atoms with Crippen molar-refractivity contribution in [1.29, 1.82) is 0 Å². The van der Waals surface area contributed by atoms with Crippen molar-refractivity contribution >= 4 is 28.8 Å². The summed E-state index contributed by atoms with van der Waals surface area (Å²) in [7, 11) is 0. The van der Waals surface area contributed by atoms with Gasteiger partial charge in [0.05, 0.1) is 0 Å². The molecule has 1 unspecified atom stereocenters. The number of likely N-dealkylation sites (N-methyl/N-ethyl adjacent to an activating group) is 1. The van der Waals surface area contributed by atoms with Crippen LogP contribution >= 0.6 is 0 Å². The number of ether oxygens (including phenoxy) is 1. The summed E-state index contributed by atoms with van der Waals surface area (Å²) in [5, 5.41) is 41.7. The number of carbonyl (C=O) groups is 1. The van der Waals surface area contributed by atoms with Gasteiger partial charge in [0, 0.05) is 31.6 Å². The van der Waals surface area contributed by atoms with Crippen LogP contribution in [0, 0.1) is 0 Å². The fourth-order valence-electron chi connectivity index (χ4n) is 5.64. The Bertz CT molecular complexity index is 1490. The van der Waals surface area contributed by atoms with E-state index in [-0.39, 0.29) is 18.5 Å². The molecule has 0 bridgehead atoms. The van der Waals surface area contributed by atoms with E-state index < -0.39 is 30.5 Å². The summed E-state index contributed by atoms with van der Waals surface area (Å²) in [5.41, 5.74) is 3.12. The molecule has 13 heteroatoms. The number of aliphatic hydroxyl groups is 3. The third-order valence-corrected chi connectivity index (χ3v) is 7.95. The first kappa shape index (κ1) is 29.0. The second kappa shape index (κ2) is 12.6. The first-order valence-electron chi connectivity index (χ1n) is 14.5. The number of amides is 1. The number of aromatic nitrogens is 4. The monoisotopic (exact) mass is 588 g/mol. The normalized spacial score (nSPS) is 23.6. The number of aliphatic hydroxyl groups excluding tert-OH is 3. The van der Waals surface area contributed by atoms with Gasteiger partial charge in [0.2, 0.25) is 5.95 Å². The first-order valence-corrected chi connectivity index (χ1v) is 14.5. The van der Waals surface area contributed by atoms with Crippen LogP contribution in [0.4, 0.5) is 11.8 Å². The van der Waals surface area contributed by atoms with Crippen LogP contribution < -0.4 is 21.0 Å². The lowest BCUT2D eigenvalue weighted by atomic mass is 9.91. The van der Waals surface area contributed by atoms with Gasteiger partial charge in [-0.15, -0.1) is 0 Å². The second-order valence-corrected chi connectivity index (χ2v) is 10.7. The van der Waals surface area contributed by atoms with E-state index in [0.717, 1.165) is 30.6 Å². The lowest BCUT2D eigenvalue weighted by molar-refractivity contribution is -0.150. The Morgan fingerprint density at radius 1 is 1.07 bits per heavy atom. The molecule has 5 atom stereocenters. The first-order chi connectivity index (χ1) is 20.9. The van der Waals surface area contributed by atoms with E-state index in [0.29, 0.717) is 29.5 Å². The van der Waals surface area contributed by atoms with Gasteiger partial charge in [-0.1, -0.05) is 60.7 Å². The predicted octanol–water partition coefficient (Wildman–Crippen LogP) is 0.768. The molecule has 2 saturated heterocycles. The summed E-state index contributed by atoms with van der Waals surface area (Å²) in [4.78, 5) is 27.6. The minimum atomic E-state index is -1.67. The Balaban J connectivity index is 1.35. The average Bonchev–Trinajstić information content (AvgIpc) is 3.76. The summed E-state index contributed by atoms with van der Waals surface area (Å²) >= 11 is 0. The molecule has 1 amide bonds. The van der Waals surface area contributed by atoms with E-state index in [9.17, 15) is 20.1 Å². The largest absolute Gasteiger partial charge is 0.387 e. The van der Waals surface area contributed by atoms with Crippen LogP contribution in [0.3, 0.4) is 0 Å². The van der Waals surface area contributed by atoms with Gasteiger partial charge in [0.25, 0.3) is 5.91 Å². The number of nitrogens with one attached hydrogen (secondary N) is 3. The molecule has 6 N–H and O–H groups in total. The number of anilines is 2. The fourth-order valence-corrected chi connectivity index (χ4v) is 5.64. The van der Waals surface area contributed by atoms with E-state index in [1.54, 1.807) is 6.92 Å². The molecular formula is C30H36N8O5. The minimum absolute atomic E-state index is 0.0255. The molecule has 0 aliphatic carbocycles. The fraction of sp³-hybridized carbons (Fsp3) is 0.400. The molecule has 0 spiro atoms. The van der Waals surface area contributed by atoms with E-state index in [4.69, 9.17) is 14.7 Å². The Morgan fingerprint density at radius 2 is 1.77 bits per heavy atom. The van der Waals surface area contributed by atoms with Gasteiger partial charge >= 0.3 is 0 Å². The molecule has 0 radical (unpaired) electrons. The van der Waals surface area contributed by atoms with E-state index >= 15 is 0 Å². The highest BCUT2D eigenvalue weighted by Crippen LogP contribution is 2.28. The molecule has 2 aliphatic heterocycles. The maximum atomic E-state index is 13.5. The van der Waals surface area contributed by atoms with E-state index in [2.05, 4.69) is 45.2 Å². The Kier molecular flexibility index (Phi) is 8.49. The molecule has 2 aliphatic rings. The molecule has 226 valence electrons. The van der Waals surface area contributed by atoms with Gasteiger partial charge in [-0.25, -0.2) is 14.7 Å². The van der Waals surface area contributed by atoms with Gasteiger partial charge in [-0.3, -0.25) is 4.79 Å². The van der Waals surface area contributed by atoms with Crippen LogP contribution in [0.25, 0.3) is 11.2 Å². The number of fused-ring (bicyclic) bond motifs is 1. The quantitative estimate of drug-likeness (QED) is 0.155. The van der Waals surface area contributed by atoms with Gasteiger partial charge in [-0.2, -0.15) is 9.97 Å². The molecule has 2 aromatic carbocycles. The smallest absolute Gasteiger partial charge is 0.273 e. The zero-order valence-corrected chi connectivity index (χ0v) is 23.7. The van der Waals surface area contributed by atoms with Gasteiger partial charge in [0.15, 0.2) is 29.4 Å². The zero-order chi connectivity index (χ0) is 29.9. The molecule has 4 aromatic rings. The van der Waals surface area contributed by atoms with Crippen molar-refractivity contribution in [1.82, 2.24) is 24.9 Å². The van der Waals surface area contributed by atoms with Crippen LogP contribution in [0.5, 0.6) is 0 Å². The van der Waals surface area contributed by atoms with Crippen molar-refractivity contribution in [3.63, 3.8) is 0 Å². The van der Waals surface area contributed by atoms with Crippen molar-refractivity contribution in [3.8, 4) is 0 Å².